The van der Waals surface area contributed by atoms with E-state index in [1.165, 1.54) is 19.2 Å². The molecule has 110 valence electrons. The minimum Gasteiger partial charge on any atom is -0.393 e. The van der Waals surface area contributed by atoms with Gasteiger partial charge in [0.25, 0.3) is 0 Å². The van der Waals surface area contributed by atoms with E-state index >= 15 is 0 Å². The van der Waals surface area contributed by atoms with Crippen molar-refractivity contribution < 1.29 is 17.5 Å². The van der Waals surface area contributed by atoms with E-state index in [-0.39, 0.29) is 17.4 Å². The van der Waals surface area contributed by atoms with Gasteiger partial charge in [0.1, 0.15) is 5.82 Å². The van der Waals surface area contributed by atoms with E-state index in [9.17, 15) is 12.8 Å². The van der Waals surface area contributed by atoms with Gasteiger partial charge in [0, 0.05) is 19.3 Å². The molecule has 1 fully saturated rings. The van der Waals surface area contributed by atoms with Gasteiger partial charge in [-0.25, -0.2) is 12.8 Å². The largest absolute Gasteiger partial charge is 0.393 e. The minimum atomic E-state index is -3.35. The van der Waals surface area contributed by atoms with Crippen LogP contribution in [0.15, 0.2) is 24.3 Å². The molecule has 0 amide bonds. The molecule has 20 heavy (non-hydrogen) atoms. The van der Waals surface area contributed by atoms with E-state index in [0.29, 0.717) is 5.56 Å². The molecule has 2 N–H and O–H groups in total. The summed E-state index contributed by atoms with van der Waals surface area (Å²) in [5, 5.41) is -0.724. The molecule has 1 aromatic carbocycles. The fraction of sp³-hybridized carbons (Fsp3) is 0.462. The van der Waals surface area contributed by atoms with Gasteiger partial charge in [-0.2, -0.15) is 0 Å². The summed E-state index contributed by atoms with van der Waals surface area (Å²) in [6.45, 7) is 0.127. The van der Waals surface area contributed by atoms with E-state index in [1.807, 2.05) is 0 Å². The number of halogens is 1. The van der Waals surface area contributed by atoms with Crippen LogP contribution in [0.25, 0.3) is 0 Å². The second-order valence-electron chi connectivity index (χ2n) is 5.12. The summed E-state index contributed by atoms with van der Waals surface area (Å²) in [4.78, 5) is 0.115. The molecule has 0 saturated heterocycles. The van der Waals surface area contributed by atoms with Gasteiger partial charge < -0.3 is 10.5 Å². The van der Waals surface area contributed by atoms with Gasteiger partial charge in [0.2, 0.25) is 0 Å². The van der Waals surface area contributed by atoms with Crippen LogP contribution < -0.4 is 5.73 Å². The Bertz CT molecular complexity index is 630. The zero-order chi connectivity index (χ0) is 15.1. The summed E-state index contributed by atoms with van der Waals surface area (Å²) in [6, 6.07) is 5.72. The average molecular weight is 317 g/mol. The van der Waals surface area contributed by atoms with Crippen LogP contribution in [-0.4, -0.2) is 38.6 Å². The first-order valence-electron chi connectivity index (χ1n) is 5.98. The number of ether oxygens (including phenoxy) is 1. The summed E-state index contributed by atoms with van der Waals surface area (Å²) >= 11 is 5.07. The van der Waals surface area contributed by atoms with E-state index in [4.69, 9.17) is 22.7 Å². The van der Waals surface area contributed by atoms with Crippen LogP contribution in [0.1, 0.15) is 11.5 Å². The molecule has 0 radical (unpaired) electrons. The lowest BCUT2D eigenvalue weighted by Gasteiger charge is -2.15. The normalized spacial score (nSPS) is 29.1. The lowest BCUT2D eigenvalue weighted by molar-refractivity contribution is 0.166. The van der Waals surface area contributed by atoms with Crippen LogP contribution in [-0.2, 0) is 14.6 Å². The van der Waals surface area contributed by atoms with Crippen molar-refractivity contribution in [1.29, 1.82) is 0 Å². The lowest BCUT2D eigenvalue weighted by atomic mass is 10.00. The molecular weight excluding hydrogens is 301 g/mol. The summed E-state index contributed by atoms with van der Waals surface area (Å²) in [5.41, 5.74) is 5.57. The molecule has 7 heteroatoms. The Hall–Kier alpha value is -1.05. The minimum absolute atomic E-state index is 0.115. The summed E-state index contributed by atoms with van der Waals surface area (Å²) in [7, 11) is -1.88. The molecule has 1 aromatic rings. The standard InChI is InChI=1S/C13H16FNO3S2/c1-18-7-13(12(15)19)10(11(13)20(2,16)17)8-3-5-9(14)6-4-8/h3-6,10-11H,7H2,1-2H3,(H2,15,19)/t10-,11-,13-/m0/s1. The van der Waals surface area contributed by atoms with Gasteiger partial charge in [-0.3, -0.25) is 0 Å². The molecule has 0 aliphatic heterocycles. The maximum Gasteiger partial charge on any atom is 0.152 e. The van der Waals surface area contributed by atoms with Crippen LogP contribution in [0, 0.1) is 11.2 Å². The Morgan fingerprint density at radius 3 is 2.40 bits per heavy atom. The quantitative estimate of drug-likeness (QED) is 0.828. The van der Waals surface area contributed by atoms with Crippen molar-refractivity contribution in [1.82, 2.24) is 0 Å². The van der Waals surface area contributed by atoms with Gasteiger partial charge in [-0.1, -0.05) is 24.4 Å². The highest BCUT2D eigenvalue weighted by Gasteiger charge is 2.71. The van der Waals surface area contributed by atoms with E-state index in [0.717, 1.165) is 6.26 Å². The van der Waals surface area contributed by atoms with Crippen molar-refractivity contribution in [2.45, 2.75) is 11.2 Å². The van der Waals surface area contributed by atoms with Crippen molar-refractivity contribution in [2.24, 2.45) is 11.1 Å². The van der Waals surface area contributed by atoms with Crippen LogP contribution in [0.5, 0.6) is 0 Å². The molecule has 1 aliphatic rings. The molecule has 2 rings (SSSR count). The van der Waals surface area contributed by atoms with Crippen molar-refractivity contribution in [3.8, 4) is 0 Å². The fourth-order valence-corrected chi connectivity index (χ4v) is 5.26. The van der Waals surface area contributed by atoms with E-state index < -0.39 is 26.4 Å². The second kappa shape index (κ2) is 5.05. The van der Waals surface area contributed by atoms with E-state index in [1.54, 1.807) is 12.1 Å². The molecule has 0 unspecified atom stereocenters. The van der Waals surface area contributed by atoms with Gasteiger partial charge in [-0.05, 0) is 17.7 Å². The third-order valence-electron chi connectivity index (χ3n) is 3.79. The van der Waals surface area contributed by atoms with Crippen LogP contribution in [0.3, 0.4) is 0 Å². The molecule has 4 nitrogen and oxygen atoms in total. The third kappa shape index (κ3) is 2.34. The number of nitrogens with two attached hydrogens (primary N) is 1. The van der Waals surface area contributed by atoms with Crippen molar-refractivity contribution in [2.75, 3.05) is 20.0 Å². The monoisotopic (exact) mass is 317 g/mol. The number of thiocarbonyl (C=S) groups is 1. The molecule has 0 heterocycles. The zero-order valence-electron chi connectivity index (χ0n) is 11.2. The fourth-order valence-electron chi connectivity index (χ4n) is 2.95. The van der Waals surface area contributed by atoms with Crippen molar-refractivity contribution >= 4 is 27.0 Å². The number of rotatable bonds is 5. The van der Waals surface area contributed by atoms with Crippen molar-refractivity contribution in [3.63, 3.8) is 0 Å². The highest BCUT2D eigenvalue weighted by molar-refractivity contribution is 7.92. The third-order valence-corrected chi connectivity index (χ3v) is 5.78. The first-order chi connectivity index (χ1) is 9.25. The van der Waals surface area contributed by atoms with Gasteiger partial charge >= 0.3 is 0 Å². The summed E-state index contributed by atoms with van der Waals surface area (Å²) < 4.78 is 42.1. The van der Waals surface area contributed by atoms with Gasteiger partial charge in [0.05, 0.1) is 22.3 Å². The predicted octanol–water partition coefficient (Wildman–Crippen LogP) is 1.26. The lowest BCUT2D eigenvalue weighted by Crippen LogP contribution is -2.32. The highest BCUT2D eigenvalue weighted by Crippen LogP contribution is 2.63. The predicted molar refractivity (Wildman–Crippen MR) is 78.9 cm³/mol. The highest BCUT2D eigenvalue weighted by atomic mass is 32.2. The number of hydrogen-bond acceptors (Lipinski definition) is 4. The van der Waals surface area contributed by atoms with Crippen LogP contribution >= 0.6 is 12.2 Å². The average Bonchev–Trinajstić information content (AvgIpc) is 3.01. The van der Waals surface area contributed by atoms with Gasteiger partial charge in [-0.15, -0.1) is 0 Å². The molecule has 1 aliphatic carbocycles. The Morgan fingerprint density at radius 1 is 1.45 bits per heavy atom. The number of sulfone groups is 1. The Labute approximate surface area is 123 Å². The SMILES string of the molecule is COC[C@]1(C(N)=S)[C@@H](c2ccc(F)cc2)[C@@H]1S(C)(=O)=O. The molecule has 0 bridgehead atoms. The number of methoxy groups -OCH3 is 1. The van der Waals surface area contributed by atoms with Crippen molar-refractivity contribution in [3.05, 3.63) is 35.6 Å². The Kier molecular flexibility index (Phi) is 3.88. The molecule has 0 spiro atoms. The maximum absolute atomic E-state index is 13.0. The Balaban J connectivity index is 2.49. The first-order valence-corrected chi connectivity index (χ1v) is 8.34. The van der Waals surface area contributed by atoms with Crippen LogP contribution in [0.2, 0.25) is 0 Å². The second-order valence-corrected chi connectivity index (χ2v) is 7.72. The topological polar surface area (TPSA) is 69.4 Å². The smallest absolute Gasteiger partial charge is 0.152 e. The zero-order valence-corrected chi connectivity index (χ0v) is 12.8. The first kappa shape index (κ1) is 15.3. The van der Waals surface area contributed by atoms with E-state index in [2.05, 4.69) is 0 Å². The summed E-state index contributed by atoms with van der Waals surface area (Å²) in [6.07, 6.45) is 1.16. The number of hydrogen-bond donors (Lipinski definition) is 1. The van der Waals surface area contributed by atoms with Gasteiger partial charge in [0.15, 0.2) is 9.84 Å². The van der Waals surface area contributed by atoms with Crippen LogP contribution in [0.4, 0.5) is 4.39 Å². The molecule has 3 atom stereocenters. The maximum atomic E-state index is 13.0. The Morgan fingerprint density at radius 2 is 2.00 bits per heavy atom. The molecular formula is C13H16FNO3S2. The molecule has 0 aromatic heterocycles. The molecule has 1 saturated carbocycles. The number of benzene rings is 1. The summed E-state index contributed by atoms with van der Waals surface area (Å²) in [5.74, 6) is -0.770.